The van der Waals surface area contributed by atoms with Crippen molar-refractivity contribution >= 4 is 21.7 Å². The summed E-state index contributed by atoms with van der Waals surface area (Å²) in [6, 6.07) is 5.91. The van der Waals surface area contributed by atoms with Crippen LogP contribution in [0.2, 0.25) is 0 Å². The fourth-order valence-electron chi connectivity index (χ4n) is 1.96. The Kier molecular flexibility index (Phi) is 4.60. The third kappa shape index (κ3) is 3.48. The van der Waals surface area contributed by atoms with Crippen molar-refractivity contribution in [3.05, 3.63) is 45.3 Å². The Morgan fingerprint density at radius 2 is 1.75 bits per heavy atom. The zero-order valence-corrected chi connectivity index (χ0v) is 13.7. The average molecular weight is 336 g/mol. The molecule has 0 bridgehead atoms. The number of halogens is 1. The van der Waals surface area contributed by atoms with E-state index in [1.165, 1.54) is 0 Å². The molecule has 4 nitrogen and oxygen atoms in total. The molecule has 0 aliphatic carbocycles. The van der Waals surface area contributed by atoms with Crippen molar-refractivity contribution < 1.29 is 4.74 Å². The van der Waals surface area contributed by atoms with E-state index >= 15 is 0 Å². The number of anilines is 1. The maximum atomic E-state index is 5.79. The molecular weight excluding hydrogens is 318 g/mol. The van der Waals surface area contributed by atoms with E-state index in [1.807, 2.05) is 46.0 Å². The monoisotopic (exact) mass is 335 g/mol. The van der Waals surface area contributed by atoms with Gasteiger partial charge in [0.25, 0.3) is 0 Å². The molecule has 0 amide bonds. The third-order valence-corrected chi connectivity index (χ3v) is 4.19. The lowest BCUT2D eigenvalue weighted by atomic mass is 10.1. The quantitative estimate of drug-likeness (QED) is 0.923. The van der Waals surface area contributed by atoms with Crippen LogP contribution in [0, 0.1) is 20.8 Å². The molecule has 5 heteroatoms. The second kappa shape index (κ2) is 6.22. The van der Waals surface area contributed by atoms with Crippen LogP contribution in [0.1, 0.15) is 22.6 Å². The number of ether oxygens (including phenoxy) is 1. The molecule has 106 valence electrons. The first-order chi connectivity index (χ1) is 9.49. The predicted octanol–water partition coefficient (Wildman–Crippen LogP) is 3.79. The largest absolute Gasteiger partial charge is 0.486 e. The Hall–Kier alpha value is -1.62. The SMILES string of the molecule is CNc1cc(C)nc(COc2cc(C)c(Br)c(C)c2)n1. The Labute approximate surface area is 127 Å². The molecule has 0 saturated carbocycles. The van der Waals surface area contributed by atoms with Crippen molar-refractivity contribution in [2.45, 2.75) is 27.4 Å². The van der Waals surface area contributed by atoms with Crippen LogP contribution in [-0.2, 0) is 6.61 Å². The van der Waals surface area contributed by atoms with E-state index in [1.54, 1.807) is 0 Å². The number of aryl methyl sites for hydroxylation is 3. The zero-order valence-electron chi connectivity index (χ0n) is 12.1. The van der Waals surface area contributed by atoms with Gasteiger partial charge in [-0.15, -0.1) is 0 Å². The lowest BCUT2D eigenvalue weighted by Gasteiger charge is -2.10. The van der Waals surface area contributed by atoms with Crippen LogP contribution in [0.3, 0.4) is 0 Å². The Morgan fingerprint density at radius 1 is 1.10 bits per heavy atom. The van der Waals surface area contributed by atoms with Gasteiger partial charge in [-0.05, 0) is 44.0 Å². The maximum absolute atomic E-state index is 5.79. The van der Waals surface area contributed by atoms with Gasteiger partial charge in [-0.3, -0.25) is 0 Å². The van der Waals surface area contributed by atoms with Crippen molar-refractivity contribution in [1.29, 1.82) is 0 Å². The number of benzene rings is 1. The van der Waals surface area contributed by atoms with Crippen LogP contribution in [0.25, 0.3) is 0 Å². The smallest absolute Gasteiger partial charge is 0.168 e. The van der Waals surface area contributed by atoms with Crippen molar-refractivity contribution in [1.82, 2.24) is 9.97 Å². The summed E-state index contributed by atoms with van der Waals surface area (Å²) in [6.45, 7) is 6.40. The molecule has 0 aliphatic rings. The Balaban J connectivity index is 2.14. The van der Waals surface area contributed by atoms with E-state index in [4.69, 9.17) is 4.74 Å². The van der Waals surface area contributed by atoms with Gasteiger partial charge < -0.3 is 10.1 Å². The highest BCUT2D eigenvalue weighted by molar-refractivity contribution is 9.10. The van der Waals surface area contributed by atoms with Crippen LogP contribution >= 0.6 is 15.9 Å². The van der Waals surface area contributed by atoms with Gasteiger partial charge in [0.1, 0.15) is 18.2 Å². The summed E-state index contributed by atoms with van der Waals surface area (Å²) in [5.41, 5.74) is 3.23. The first kappa shape index (κ1) is 14.8. The minimum Gasteiger partial charge on any atom is -0.486 e. The molecule has 1 N–H and O–H groups in total. The molecule has 2 rings (SSSR count). The lowest BCUT2D eigenvalue weighted by Crippen LogP contribution is -2.05. The molecule has 1 aromatic heterocycles. The molecule has 2 aromatic rings. The van der Waals surface area contributed by atoms with Crippen molar-refractivity contribution in [2.75, 3.05) is 12.4 Å². The van der Waals surface area contributed by atoms with E-state index < -0.39 is 0 Å². The van der Waals surface area contributed by atoms with Gasteiger partial charge in [0.15, 0.2) is 5.82 Å². The highest BCUT2D eigenvalue weighted by Gasteiger charge is 2.06. The maximum Gasteiger partial charge on any atom is 0.168 e. The van der Waals surface area contributed by atoms with Crippen LogP contribution in [0.5, 0.6) is 5.75 Å². The van der Waals surface area contributed by atoms with E-state index in [9.17, 15) is 0 Å². The van der Waals surface area contributed by atoms with E-state index in [0.717, 1.165) is 32.9 Å². The van der Waals surface area contributed by atoms with Crippen LogP contribution in [0.15, 0.2) is 22.7 Å². The average Bonchev–Trinajstić information content (AvgIpc) is 2.41. The highest BCUT2D eigenvalue weighted by Crippen LogP contribution is 2.26. The molecule has 1 aromatic carbocycles. The molecule has 0 unspecified atom stereocenters. The summed E-state index contributed by atoms with van der Waals surface area (Å²) >= 11 is 3.55. The number of nitrogens with zero attached hydrogens (tertiary/aromatic N) is 2. The van der Waals surface area contributed by atoms with Gasteiger partial charge in [0.2, 0.25) is 0 Å². The number of aromatic nitrogens is 2. The third-order valence-electron chi connectivity index (χ3n) is 2.93. The summed E-state index contributed by atoms with van der Waals surface area (Å²) in [5.74, 6) is 2.31. The number of hydrogen-bond acceptors (Lipinski definition) is 4. The fourth-order valence-corrected chi connectivity index (χ4v) is 2.19. The molecule has 0 radical (unpaired) electrons. The fraction of sp³-hybridized carbons (Fsp3) is 0.333. The summed E-state index contributed by atoms with van der Waals surface area (Å²) < 4.78 is 6.91. The number of nitrogens with one attached hydrogen (secondary N) is 1. The van der Waals surface area contributed by atoms with Crippen molar-refractivity contribution in [2.24, 2.45) is 0 Å². The second-order valence-electron chi connectivity index (χ2n) is 4.72. The Bertz CT molecular complexity index is 606. The van der Waals surface area contributed by atoms with Gasteiger partial charge in [0, 0.05) is 23.3 Å². The normalized spacial score (nSPS) is 10.4. The van der Waals surface area contributed by atoms with Gasteiger partial charge in [0.05, 0.1) is 0 Å². The zero-order chi connectivity index (χ0) is 14.7. The molecule has 0 aliphatic heterocycles. The van der Waals surface area contributed by atoms with Crippen LogP contribution in [-0.4, -0.2) is 17.0 Å². The molecule has 1 heterocycles. The lowest BCUT2D eigenvalue weighted by molar-refractivity contribution is 0.295. The first-order valence-corrected chi connectivity index (χ1v) is 7.20. The van der Waals surface area contributed by atoms with Crippen molar-refractivity contribution in [3.63, 3.8) is 0 Å². The van der Waals surface area contributed by atoms with E-state index in [0.29, 0.717) is 12.4 Å². The molecule has 20 heavy (non-hydrogen) atoms. The summed E-state index contributed by atoms with van der Waals surface area (Å²) in [6.07, 6.45) is 0. The highest BCUT2D eigenvalue weighted by atomic mass is 79.9. The first-order valence-electron chi connectivity index (χ1n) is 6.41. The van der Waals surface area contributed by atoms with Gasteiger partial charge in [-0.2, -0.15) is 0 Å². The number of hydrogen-bond donors (Lipinski definition) is 1. The molecule has 0 atom stereocenters. The number of rotatable bonds is 4. The van der Waals surface area contributed by atoms with Crippen molar-refractivity contribution in [3.8, 4) is 5.75 Å². The van der Waals surface area contributed by atoms with E-state index in [2.05, 4.69) is 31.2 Å². The predicted molar refractivity (Wildman–Crippen MR) is 84.3 cm³/mol. The minimum absolute atomic E-state index is 0.358. The molecular formula is C15H18BrN3O. The van der Waals surface area contributed by atoms with Gasteiger partial charge >= 0.3 is 0 Å². The summed E-state index contributed by atoms with van der Waals surface area (Å²) in [7, 11) is 1.84. The summed E-state index contributed by atoms with van der Waals surface area (Å²) in [5, 5.41) is 3.02. The Morgan fingerprint density at radius 3 is 2.35 bits per heavy atom. The van der Waals surface area contributed by atoms with E-state index in [-0.39, 0.29) is 0 Å². The second-order valence-corrected chi connectivity index (χ2v) is 5.51. The topological polar surface area (TPSA) is 47.0 Å². The molecule has 0 spiro atoms. The molecule has 0 fully saturated rings. The van der Waals surface area contributed by atoms with Crippen LogP contribution in [0.4, 0.5) is 5.82 Å². The summed E-state index contributed by atoms with van der Waals surface area (Å²) in [4.78, 5) is 8.75. The standard InChI is InChI=1S/C15H18BrN3O/c1-9-5-12(6-10(2)15(9)16)20-8-14-18-11(3)7-13(17-4)19-14/h5-7H,8H2,1-4H3,(H,17,18,19). The minimum atomic E-state index is 0.358. The molecule has 0 saturated heterocycles. The van der Waals surface area contributed by atoms with Gasteiger partial charge in [-0.1, -0.05) is 15.9 Å². The van der Waals surface area contributed by atoms with Crippen LogP contribution < -0.4 is 10.1 Å². The van der Waals surface area contributed by atoms with Gasteiger partial charge in [-0.25, -0.2) is 9.97 Å².